The van der Waals surface area contributed by atoms with Gasteiger partial charge in [-0.15, -0.1) is 0 Å². The number of amides is 1. The van der Waals surface area contributed by atoms with Gasteiger partial charge in [0.2, 0.25) is 15.9 Å². The fourth-order valence-electron chi connectivity index (χ4n) is 3.62. The van der Waals surface area contributed by atoms with Gasteiger partial charge in [0.05, 0.1) is 50.7 Å². The van der Waals surface area contributed by atoms with Gasteiger partial charge in [-0.05, 0) is 17.7 Å². The maximum absolute atomic E-state index is 13.2. The van der Waals surface area contributed by atoms with Crippen molar-refractivity contribution in [2.24, 2.45) is 0 Å². The van der Waals surface area contributed by atoms with Crippen LogP contribution in [0.4, 0.5) is 5.69 Å². The maximum Gasteiger partial charge on any atom is 0.246 e. The average molecular weight is 497 g/mol. The molecule has 178 valence electrons. The Kier molecular flexibility index (Phi) is 7.28. The first kappa shape index (κ1) is 23.6. The fraction of sp³-hybridized carbons (Fsp3) is 0.409. The zero-order valence-electron chi connectivity index (χ0n) is 18.1. The molecule has 0 saturated carbocycles. The van der Waals surface area contributed by atoms with E-state index in [1.165, 1.54) is 17.5 Å². The number of halogens is 1. The Bertz CT molecular complexity index is 1130. The van der Waals surface area contributed by atoms with E-state index in [2.05, 4.69) is 5.32 Å². The molecule has 1 N–H and O–H groups in total. The highest BCUT2D eigenvalue weighted by Crippen LogP contribution is 2.38. The van der Waals surface area contributed by atoms with E-state index in [0.717, 1.165) is 6.42 Å². The highest BCUT2D eigenvalue weighted by atomic mass is 35.5. The van der Waals surface area contributed by atoms with Crippen LogP contribution in [0.2, 0.25) is 5.02 Å². The number of fused-ring (bicyclic) bond motifs is 1. The molecule has 1 fully saturated rings. The van der Waals surface area contributed by atoms with Crippen LogP contribution in [-0.4, -0.2) is 65.3 Å². The number of benzene rings is 2. The number of methoxy groups -OCH3 is 1. The van der Waals surface area contributed by atoms with Gasteiger partial charge in [-0.25, -0.2) is 8.42 Å². The van der Waals surface area contributed by atoms with Crippen molar-refractivity contribution in [3.05, 3.63) is 40.9 Å². The number of carbonyl (C=O) groups is 1. The third kappa shape index (κ3) is 5.35. The van der Waals surface area contributed by atoms with Crippen molar-refractivity contribution in [3.8, 4) is 17.2 Å². The number of nitrogens with one attached hydrogen (secondary N) is 1. The van der Waals surface area contributed by atoms with Crippen molar-refractivity contribution in [1.29, 1.82) is 0 Å². The SMILES string of the molecule is COc1ccc(CC(=O)Nc2cc3c(cc2Cl)OCCCO3)cc1S(=O)(=O)N1CCOCC1. The summed E-state index contributed by atoms with van der Waals surface area (Å²) in [6, 6.07) is 7.92. The lowest BCUT2D eigenvalue weighted by atomic mass is 10.1. The van der Waals surface area contributed by atoms with E-state index < -0.39 is 10.0 Å². The van der Waals surface area contributed by atoms with Gasteiger partial charge in [-0.2, -0.15) is 4.31 Å². The topological polar surface area (TPSA) is 103 Å². The summed E-state index contributed by atoms with van der Waals surface area (Å²) < 4.78 is 49.4. The molecule has 2 aromatic rings. The summed E-state index contributed by atoms with van der Waals surface area (Å²) in [7, 11) is -2.39. The van der Waals surface area contributed by atoms with E-state index in [9.17, 15) is 13.2 Å². The van der Waals surface area contributed by atoms with Gasteiger partial charge in [-0.1, -0.05) is 17.7 Å². The van der Waals surface area contributed by atoms with Crippen LogP contribution in [0.5, 0.6) is 17.2 Å². The molecule has 9 nitrogen and oxygen atoms in total. The molecule has 0 aliphatic carbocycles. The van der Waals surface area contributed by atoms with E-state index in [0.29, 0.717) is 54.2 Å². The first-order chi connectivity index (χ1) is 15.9. The van der Waals surface area contributed by atoms with Crippen molar-refractivity contribution in [2.45, 2.75) is 17.7 Å². The van der Waals surface area contributed by atoms with Crippen LogP contribution in [0.15, 0.2) is 35.2 Å². The minimum absolute atomic E-state index is 0.0193. The molecule has 2 aliphatic heterocycles. The Balaban J connectivity index is 1.53. The maximum atomic E-state index is 13.2. The van der Waals surface area contributed by atoms with E-state index >= 15 is 0 Å². The number of hydrogen-bond donors (Lipinski definition) is 1. The first-order valence-corrected chi connectivity index (χ1v) is 12.3. The van der Waals surface area contributed by atoms with Crippen LogP contribution in [0, 0.1) is 0 Å². The zero-order valence-corrected chi connectivity index (χ0v) is 19.7. The lowest BCUT2D eigenvalue weighted by Crippen LogP contribution is -2.40. The Morgan fingerprint density at radius 3 is 2.48 bits per heavy atom. The molecule has 4 rings (SSSR count). The van der Waals surface area contributed by atoms with Crippen LogP contribution in [0.3, 0.4) is 0 Å². The second-order valence-electron chi connectivity index (χ2n) is 7.56. The largest absolute Gasteiger partial charge is 0.495 e. The standard InChI is InChI=1S/C22H25ClN2O7S/c1-29-18-4-3-15(11-21(18)33(27,28)25-5-9-30-10-6-25)12-22(26)24-17-14-20-19(13-16(17)23)31-7-2-8-32-20/h3-4,11,13-14H,2,5-10,12H2,1H3,(H,24,26). The van der Waals surface area contributed by atoms with Gasteiger partial charge in [0.1, 0.15) is 10.6 Å². The summed E-state index contributed by atoms with van der Waals surface area (Å²) in [6.45, 7) is 2.23. The lowest BCUT2D eigenvalue weighted by molar-refractivity contribution is -0.115. The van der Waals surface area contributed by atoms with E-state index in [-0.39, 0.29) is 36.1 Å². The number of anilines is 1. The molecule has 2 heterocycles. The molecule has 2 aliphatic rings. The summed E-state index contributed by atoms with van der Waals surface area (Å²) in [5, 5.41) is 3.08. The minimum atomic E-state index is -3.80. The third-order valence-corrected chi connectivity index (χ3v) is 7.52. The molecule has 33 heavy (non-hydrogen) atoms. The lowest BCUT2D eigenvalue weighted by Gasteiger charge is -2.26. The molecule has 0 atom stereocenters. The van der Waals surface area contributed by atoms with Crippen LogP contribution in [0.25, 0.3) is 0 Å². The number of nitrogens with zero attached hydrogens (tertiary/aromatic N) is 1. The highest BCUT2D eigenvalue weighted by molar-refractivity contribution is 7.89. The van der Waals surface area contributed by atoms with Gasteiger partial charge in [0.15, 0.2) is 11.5 Å². The average Bonchev–Trinajstić information content (AvgIpc) is 3.04. The molecule has 11 heteroatoms. The molecule has 1 saturated heterocycles. The molecule has 0 unspecified atom stereocenters. The summed E-state index contributed by atoms with van der Waals surface area (Å²) in [5.74, 6) is 0.905. The first-order valence-electron chi connectivity index (χ1n) is 10.5. The van der Waals surface area contributed by atoms with Crippen molar-refractivity contribution in [3.63, 3.8) is 0 Å². The van der Waals surface area contributed by atoms with Gasteiger partial charge >= 0.3 is 0 Å². The number of morpholine rings is 1. The van der Waals surface area contributed by atoms with E-state index in [4.69, 9.17) is 30.5 Å². The zero-order chi connectivity index (χ0) is 23.4. The Labute approximate surface area is 197 Å². The van der Waals surface area contributed by atoms with E-state index in [1.54, 1.807) is 24.3 Å². The molecule has 0 radical (unpaired) electrons. The molecule has 0 aromatic heterocycles. The van der Waals surface area contributed by atoms with Crippen molar-refractivity contribution in [2.75, 3.05) is 51.9 Å². The number of carbonyl (C=O) groups excluding carboxylic acids is 1. The third-order valence-electron chi connectivity index (χ3n) is 5.29. The molecule has 2 aromatic carbocycles. The summed E-state index contributed by atoms with van der Waals surface area (Å²) >= 11 is 6.31. The number of ether oxygens (including phenoxy) is 4. The minimum Gasteiger partial charge on any atom is -0.495 e. The predicted molar refractivity (Wildman–Crippen MR) is 122 cm³/mol. The van der Waals surface area contributed by atoms with Crippen molar-refractivity contribution in [1.82, 2.24) is 4.31 Å². The van der Waals surface area contributed by atoms with Crippen LogP contribution >= 0.6 is 11.6 Å². The fourth-order valence-corrected chi connectivity index (χ4v) is 5.43. The van der Waals surface area contributed by atoms with Crippen LogP contribution in [-0.2, 0) is 26.0 Å². The molecule has 0 spiro atoms. The highest BCUT2D eigenvalue weighted by Gasteiger charge is 2.29. The van der Waals surface area contributed by atoms with E-state index in [1.807, 2.05) is 0 Å². The van der Waals surface area contributed by atoms with Gasteiger partial charge in [0.25, 0.3) is 0 Å². The summed E-state index contributed by atoms with van der Waals surface area (Å²) in [4.78, 5) is 12.8. The normalized spacial score (nSPS) is 16.7. The van der Waals surface area contributed by atoms with Crippen molar-refractivity contribution < 1.29 is 32.2 Å². The Morgan fingerprint density at radius 2 is 1.79 bits per heavy atom. The number of sulfonamides is 1. The van der Waals surface area contributed by atoms with Gasteiger partial charge < -0.3 is 24.3 Å². The van der Waals surface area contributed by atoms with Crippen LogP contribution in [0.1, 0.15) is 12.0 Å². The monoisotopic (exact) mass is 496 g/mol. The summed E-state index contributed by atoms with van der Waals surface area (Å²) in [5.41, 5.74) is 0.909. The second kappa shape index (κ2) is 10.2. The summed E-state index contributed by atoms with van der Waals surface area (Å²) in [6.07, 6.45) is 0.696. The number of rotatable bonds is 6. The molecular weight excluding hydrogens is 472 g/mol. The Hall–Kier alpha value is -2.53. The molecular formula is C22H25ClN2O7S. The van der Waals surface area contributed by atoms with Gasteiger partial charge in [-0.3, -0.25) is 4.79 Å². The van der Waals surface area contributed by atoms with Crippen LogP contribution < -0.4 is 19.5 Å². The quantitative estimate of drug-likeness (QED) is 0.655. The predicted octanol–water partition coefficient (Wildman–Crippen LogP) is 2.71. The molecule has 0 bridgehead atoms. The Morgan fingerprint density at radius 1 is 1.09 bits per heavy atom. The van der Waals surface area contributed by atoms with Gasteiger partial charge in [0, 0.05) is 31.6 Å². The smallest absolute Gasteiger partial charge is 0.246 e. The second-order valence-corrected chi connectivity index (χ2v) is 9.87. The number of hydrogen-bond acceptors (Lipinski definition) is 7. The van der Waals surface area contributed by atoms with Crippen molar-refractivity contribution >= 4 is 33.2 Å². The molecule has 1 amide bonds.